The smallest absolute Gasteiger partial charge is 0.308 e. The average molecular weight is 219 g/mol. The molecule has 2 aliphatic rings. The SMILES string of the molecule is O=C(O)[C@@H]1CN(CC2CC2)S(=O)(=O)C1. The van der Waals surface area contributed by atoms with Crippen LogP contribution in [0.1, 0.15) is 12.8 Å². The molecule has 1 aliphatic heterocycles. The fourth-order valence-corrected chi connectivity index (χ4v) is 3.51. The lowest BCUT2D eigenvalue weighted by molar-refractivity contribution is -0.140. The monoisotopic (exact) mass is 219 g/mol. The summed E-state index contributed by atoms with van der Waals surface area (Å²) in [6.07, 6.45) is 2.15. The van der Waals surface area contributed by atoms with E-state index >= 15 is 0 Å². The maximum absolute atomic E-state index is 11.5. The van der Waals surface area contributed by atoms with E-state index in [2.05, 4.69) is 0 Å². The van der Waals surface area contributed by atoms with Crippen LogP contribution in [-0.4, -0.2) is 42.6 Å². The minimum Gasteiger partial charge on any atom is -0.481 e. The highest BCUT2D eigenvalue weighted by atomic mass is 32.2. The predicted octanol–water partition coefficient (Wildman–Crippen LogP) is -0.257. The van der Waals surface area contributed by atoms with Crippen LogP contribution in [0.3, 0.4) is 0 Å². The van der Waals surface area contributed by atoms with Crippen LogP contribution < -0.4 is 0 Å². The van der Waals surface area contributed by atoms with Gasteiger partial charge in [0, 0.05) is 13.1 Å². The molecule has 1 saturated carbocycles. The van der Waals surface area contributed by atoms with Crippen molar-refractivity contribution < 1.29 is 18.3 Å². The Morgan fingerprint density at radius 2 is 2.07 bits per heavy atom. The van der Waals surface area contributed by atoms with E-state index in [0.717, 1.165) is 12.8 Å². The van der Waals surface area contributed by atoms with Crippen LogP contribution in [0.25, 0.3) is 0 Å². The first-order chi connectivity index (χ1) is 6.49. The van der Waals surface area contributed by atoms with Gasteiger partial charge in [-0.2, -0.15) is 0 Å². The number of hydrogen-bond donors (Lipinski definition) is 1. The number of aliphatic carboxylic acids is 1. The minimum absolute atomic E-state index is 0.161. The molecule has 2 rings (SSSR count). The standard InChI is InChI=1S/C8H13NO4S/c10-8(11)7-4-9(3-6-1-2-6)14(12,13)5-7/h6-7H,1-5H2,(H,10,11)/t7-/m1/s1. The molecule has 0 unspecified atom stereocenters. The maximum Gasteiger partial charge on any atom is 0.308 e. The van der Waals surface area contributed by atoms with E-state index in [9.17, 15) is 13.2 Å². The Morgan fingerprint density at radius 3 is 2.50 bits per heavy atom. The molecule has 0 aromatic heterocycles. The fourth-order valence-electron chi connectivity index (χ4n) is 1.70. The van der Waals surface area contributed by atoms with E-state index < -0.39 is 21.9 Å². The van der Waals surface area contributed by atoms with Crippen molar-refractivity contribution in [3.05, 3.63) is 0 Å². The molecule has 0 spiro atoms. The third kappa shape index (κ3) is 1.90. The van der Waals surface area contributed by atoms with Crippen molar-refractivity contribution in [1.29, 1.82) is 0 Å². The molecule has 6 heteroatoms. The highest BCUT2D eigenvalue weighted by molar-refractivity contribution is 7.89. The highest BCUT2D eigenvalue weighted by Gasteiger charge is 2.41. The number of rotatable bonds is 3. The van der Waals surface area contributed by atoms with Gasteiger partial charge in [-0.05, 0) is 18.8 Å². The summed E-state index contributed by atoms with van der Waals surface area (Å²) in [5, 5.41) is 8.72. The zero-order valence-electron chi connectivity index (χ0n) is 7.72. The molecule has 1 N–H and O–H groups in total. The number of nitrogens with zero attached hydrogens (tertiary/aromatic N) is 1. The Balaban J connectivity index is 2.06. The van der Waals surface area contributed by atoms with Crippen molar-refractivity contribution in [2.45, 2.75) is 12.8 Å². The number of sulfonamides is 1. The third-order valence-corrected chi connectivity index (χ3v) is 4.65. The van der Waals surface area contributed by atoms with Crippen LogP contribution in [0.5, 0.6) is 0 Å². The largest absolute Gasteiger partial charge is 0.481 e. The molecule has 0 radical (unpaired) electrons. The Kier molecular flexibility index (Phi) is 2.27. The summed E-state index contributed by atoms with van der Waals surface area (Å²) < 4.78 is 24.3. The van der Waals surface area contributed by atoms with E-state index in [0.29, 0.717) is 12.5 Å². The van der Waals surface area contributed by atoms with Gasteiger partial charge in [0.05, 0.1) is 11.7 Å². The summed E-state index contributed by atoms with van der Waals surface area (Å²) >= 11 is 0. The fraction of sp³-hybridized carbons (Fsp3) is 0.875. The van der Waals surface area contributed by atoms with Crippen molar-refractivity contribution in [2.24, 2.45) is 11.8 Å². The molecule has 14 heavy (non-hydrogen) atoms. The van der Waals surface area contributed by atoms with Crippen LogP contribution >= 0.6 is 0 Å². The van der Waals surface area contributed by atoms with Gasteiger partial charge < -0.3 is 5.11 Å². The lowest BCUT2D eigenvalue weighted by atomic mass is 10.2. The van der Waals surface area contributed by atoms with Crippen LogP contribution in [-0.2, 0) is 14.8 Å². The first kappa shape index (κ1) is 9.92. The summed E-state index contributed by atoms with van der Waals surface area (Å²) in [7, 11) is -3.28. The number of carboxylic acid groups (broad SMARTS) is 1. The first-order valence-electron chi connectivity index (χ1n) is 4.69. The van der Waals surface area contributed by atoms with Crippen LogP contribution in [0.4, 0.5) is 0 Å². The van der Waals surface area contributed by atoms with Crippen molar-refractivity contribution >= 4 is 16.0 Å². The third-order valence-electron chi connectivity index (χ3n) is 2.74. The first-order valence-corrected chi connectivity index (χ1v) is 6.30. The Morgan fingerprint density at radius 1 is 1.43 bits per heavy atom. The molecule has 1 atom stereocenters. The molecule has 0 aromatic rings. The molecule has 2 fully saturated rings. The van der Waals surface area contributed by atoms with Gasteiger partial charge in [0.15, 0.2) is 0 Å². The Hall–Kier alpha value is -0.620. The summed E-state index contributed by atoms with van der Waals surface area (Å²) in [5.74, 6) is -1.50. The van der Waals surface area contributed by atoms with Crippen molar-refractivity contribution in [2.75, 3.05) is 18.8 Å². The zero-order chi connectivity index (χ0) is 10.3. The van der Waals surface area contributed by atoms with E-state index in [4.69, 9.17) is 5.11 Å². The van der Waals surface area contributed by atoms with Gasteiger partial charge in [0.25, 0.3) is 0 Å². The Bertz CT molecular complexity index is 346. The molecule has 0 bridgehead atoms. The molecule has 1 aliphatic carbocycles. The van der Waals surface area contributed by atoms with E-state index in [1.807, 2.05) is 0 Å². The van der Waals surface area contributed by atoms with E-state index in [1.54, 1.807) is 0 Å². The van der Waals surface area contributed by atoms with Crippen LogP contribution in [0, 0.1) is 11.8 Å². The number of hydrogen-bond acceptors (Lipinski definition) is 3. The molecule has 5 nitrogen and oxygen atoms in total. The lowest BCUT2D eigenvalue weighted by Gasteiger charge is -2.12. The van der Waals surface area contributed by atoms with Crippen molar-refractivity contribution in [3.63, 3.8) is 0 Å². The maximum atomic E-state index is 11.5. The second-order valence-corrected chi connectivity index (χ2v) is 6.09. The Labute approximate surface area is 82.8 Å². The molecule has 1 heterocycles. The van der Waals surface area contributed by atoms with E-state index in [-0.39, 0.29) is 12.3 Å². The molecule has 0 amide bonds. The molecule has 80 valence electrons. The summed E-state index contributed by atoms with van der Waals surface area (Å²) in [6.45, 7) is 0.681. The summed E-state index contributed by atoms with van der Waals surface area (Å²) in [4.78, 5) is 10.6. The normalized spacial score (nSPS) is 31.9. The molecular formula is C8H13NO4S. The quantitative estimate of drug-likeness (QED) is 0.709. The second-order valence-electron chi connectivity index (χ2n) is 4.07. The second kappa shape index (κ2) is 3.20. The van der Waals surface area contributed by atoms with Gasteiger partial charge in [-0.3, -0.25) is 4.79 Å². The van der Waals surface area contributed by atoms with E-state index in [1.165, 1.54) is 4.31 Å². The highest BCUT2D eigenvalue weighted by Crippen LogP contribution is 2.32. The summed E-state index contributed by atoms with van der Waals surface area (Å²) in [5.41, 5.74) is 0. The minimum atomic E-state index is -3.28. The van der Waals surface area contributed by atoms with Gasteiger partial charge in [-0.15, -0.1) is 0 Å². The lowest BCUT2D eigenvalue weighted by Crippen LogP contribution is -2.28. The number of carbonyl (C=O) groups is 1. The molecule has 0 aromatic carbocycles. The summed E-state index contributed by atoms with van der Waals surface area (Å²) in [6, 6.07) is 0. The number of carboxylic acids is 1. The van der Waals surface area contributed by atoms with Gasteiger partial charge in [0.1, 0.15) is 0 Å². The van der Waals surface area contributed by atoms with Gasteiger partial charge in [0.2, 0.25) is 10.0 Å². The van der Waals surface area contributed by atoms with Crippen LogP contribution in [0.2, 0.25) is 0 Å². The van der Waals surface area contributed by atoms with Gasteiger partial charge in [-0.25, -0.2) is 12.7 Å². The van der Waals surface area contributed by atoms with Gasteiger partial charge in [-0.1, -0.05) is 0 Å². The van der Waals surface area contributed by atoms with Crippen LogP contribution in [0.15, 0.2) is 0 Å². The molecular weight excluding hydrogens is 206 g/mol. The van der Waals surface area contributed by atoms with Crippen molar-refractivity contribution in [1.82, 2.24) is 4.31 Å². The molecule has 1 saturated heterocycles. The average Bonchev–Trinajstić information content (AvgIpc) is 2.79. The predicted molar refractivity (Wildman–Crippen MR) is 49.2 cm³/mol. The topological polar surface area (TPSA) is 74.7 Å². The van der Waals surface area contributed by atoms with Gasteiger partial charge >= 0.3 is 5.97 Å². The van der Waals surface area contributed by atoms with Crippen molar-refractivity contribution in [3.8, 4) is 0 Å². The zero-order valence-corrected chi connectivity index (χ0v) is 8.53.